The van der Waals surface area contributed by atoms with Crippen LogP contribution in [0.4, 0.5) is 20.4 Å². The maximum absolute atomic E-state index is 13.6. The van der Waals surface area contributed by atoms with Crippen LogP contribution in [0.25, 0.3) is 10.9 Å². The summed E-state index contributed by atoms with van der Waals surface area (Å²) < 4.78 is 27.3. The summed E-state index contributed by atoms with van der Waals surface area (Å²) in [4.78, 5) is 27.0. The van der Waals surface area contributed by atoms with Crippen LogP contribution in [0.5, 0.6) is 0 Å². The Hall–Kier alpha value is -3.36. The van der Waals surface area contributed by atoms with Crippen LogP contribution in [0.15, 0.2) is 30.5 Å². The van der Waals surface area contributed by atoms with E-state index in [4.69, 9.17) is 0 Å². The van der Waals surface area contributed by atoms with Gasteiger partial charge in [-0.25, -0.2) is 23.7 Å². The van der Waals surface area contributed by atoms with Gasteiger partial charge in [0.05, 0.1) is 17.8 Å². The minimum Gasteiger partial charge on any atom is -0.363 e. The van der Waals surface area contributed by atoms with Gasteiger partial charge < -0.3 is 15.5 Å². The molecule has 3 heterocycles. The molecule has 0 spiro atoms. The molecule has 1 unspecified atom stereocenters. The normalized spacial score (nSPS) is 17.1. The number of pyridine rings is 1. The van der Waals surface area contributed by atoms with Crippen LogP contribution < -0.4 is 15.5 Å². The van der Waals surface area contributed by atoms with Crippen LogP contribution in [-0.4, -0.2) is 40.0 Å². The molecule has 0 aliphatic carbocycles. The zero-order chi connectivity index (χ0) is 22.1. The number of aromatic nitrogens is 3. The monoisotopic (exact) mass is 426 g/mol. The number of halogens is 2. The molecule has 2 aromatic heterocycles. The van der Waals surface area contributed by atoms with Crippen molar-refractivity contribution in [3.05, 3.63) is 53.5 Å². The molecule has 1 aliphatic heterocycles. The van der Waals surface area contributed by atoms with Crippen molar-refractivity contribution in [1.82, 2.24) is 20.3 Å². The lowest BCUT2D eigenvalue weighted by Crippen LogP contribution is -2.35. The minimum absolute atomic E-state index is 0.0449. The number of aryl methyl sites for hydroxylation is 1. The first-order valence-corrected chi connectivity index (χ1v) is 10.2. The second kappa shape index (κ2) is 8.41. The van der Waals surface area contributed by atoms with Gasteiger partial charge in [-0.1, -0.05) is 0 Å². The predicted octanol–water partition coefficient (Wildman–Crippen LogP) is 3.50. The van der Waals surface area contributed by atoms with E-state index in [1.54, 1.807) is 13.1 Å². The zero-order valence-corrected chi connectivity index (χ0v) is 17.6. The Morgan fingerprint density at radius 2 is 1.94 bits per heavy atom. The van der Waals surface area contributed by atoms with Gasteiger partial charge in [-0.15, -0.1) is 0 Å². The quantitative estimate of drug-likeness (QED) is 0.650. The molecular weight excluding hydrogens is 402 g/mol. The van der Waals surface area contributed by atoms with E-state index in [2.05, 4.69) is 30.5 Å². The lowest BCUT2D eigenvalue weighted by molar-refractivity contribution is -0.119. The molecule has 1 aromatic carbocycles. The van der Waals surface area contributed by atoms with E-state index >= 15 is 0 Å². The molecule has 0 radical (unpaired) electrons. The fraction of sp³-hybridized carbons (Fsp3) is 0.364. The largest absolute Gasteiger partial charge is 0.363 e. The number of fused-ring (bicyclic) bond motifs is 1. The van der Waals surface area contributed by atoms with Gasteiger partial charge in [0.2, 0.25) is 5.91 Å². The Kier molecular flexibility index (Phi) is 5.67. The standard InChI is InChI=1S/C22H24F2N6O/c1-12(15-6-16(23)8-17(24)7-15)26-22-19-9-21(25-10-20(19)27-13(2)28-22)30-5-4-18(11-30)29-14(3)31/h6-10,12,18H,4-5,11H2,1-3H3,(H,29,31)(H,26,27,28)/t12?,18-/m1/s1. The fourth-order valence-electron chi connectivity index (χ4n) is 3.91. The summed E-state index contributed by atoms with van der Waals surface area (Å²) >= 11 is 0. The third kappa shape index (κ3) is 4.70. The summed E-state index contributed by atoms with van der Waals surface area (Å²) in [7, 11) is 0. The molecular formula is C22H24F2N6O. The number of nitrogens with one attached hydrogen (secondary N) is 2. The van der Waals surface area contributed by atoms with Crippen LogP contribution in [0.3, 0.4) is 0 Å². The van der Waals surface area contributed by atoms with Crippen molar-refractivity contribution in [2.75, 3.05) is 23.3 Å². The molecule has 162 valence electrons. The average molecular weight is 426 g/mol. The first-order chi connectivity index (χ1) is 14.8. The fourth-order valence-corrected chi connectivity index (χ4v) is 3.91. The van der Waals surface area contributed by atoms with Gasteiger partial charge in [-0.3, -0.25) is 4.79 Å². The molecule has 1 amide bonds. The minimum atomic E-state index is -0.623. The van der Waals surface area contributed by atoms with Crippen molar-refractivity contribution in [2.45, 2.75) is 39.3 Å². The summed E-state index contributed by atoms with van der Waals surface area (Å²) in [5, 5.41) is 6.97. The molecule has 0 bridgehead atoms. The molecule has 31 heavy (non-hydrogen) atoms. The summed E-state index contributed by atoms with van der Waals surface area (Å²) in [6.07, 6.45) is 2.54. The summed E-state index contributed by atoms with van der Waals surface area (Å²) in [5.74, 6) is 0.606. The third-order valence-corrected chi connectivity index (χ3v) is 5.34. The highest BCUT2D eigenvalue weighted by Gasteiger charge is 2.24. The van der Waals surface area contributed by atoms with Crippen LogP contribution >= 0.6 is 0 Å². The van der Waals surface area contributed by atoms with Crippen molar-refractivity contribution in [2.24, 2.45) is 0 Å². The van der Waals surface area contributed by atoms with Gasteiger partial charge in [0.15, 0.2) is 0 Å². The topological polar surface area (TPSA) is 83.0 Å². The van der Waals surface area contributed by atoms with Gasteiger partial charge in [0.1, 0.15) is 29.1 Å². The number of anilines is 2. The number of hydrogen-bond acceptors (Lipinski definition) is 6. The molecule has 1 aliphatic rings. The number of hydrogen-bond donors (Lipinski definition) is 2. The van der Waals surface area contributed by atoms with Crippen LogP contribution in [0.1, 0.15) is 37.7 Å². The van der Waals surface area contributed by atoms with Crippen LogP contribution in [0, 0.1) is 18.6 Å². The van der Waals surface area contributed by atoms with Gasteiger partial charge >= 0.3 is 0 Å². The number of nitrogens with zero attached hydrogens (tertiary/aromatic N) is 4. The lowest BCUT2D eigenvalue weighted by atomic mass is 10.1. The maximum Gasteiger partial charge on any atom is 0.217 e. The molecule has 7 nitrogen and oxygen atoms in total. The zero-order valence-electron chi connectivity index (χ0n) is 17.6. The number of rotatable bonds is 5. The molecule has 3 aromatic rings. The molecule has 0 saturated carbocycles. The second-order valence-electron chi connectivity index (χ2n) is 7.88. The third-order valence-electron chi connectivity index (χ3n) is 5.34. The Bertz CT molecular complexity index is 1120. The SMILES string of the molecule is CC(=O)N[C@@H]1CCN(c2cc3c(NC(C)c4cc(F)cc(F)c4)nc(C)nc3cn2)C1. The highest BCUT2D eigenvalue weighted by Crippen LogP contribution is 2.29. The lowest BCUT2D eigenvalue weighted by Gasteiger charge is -2.20. The van der Waals surface area contributed by atoms with Crippen LogP contribution in [-0.2, 0) is 4.79 Å². The number of carbonyl (C=O) groups is 1. The van der Waals surface area contributed by atoms with E-state index in [0.717, 1.165) is 30.2 Å². The number of amides is 1. The smallest absolute Gasteiger partial charge is 0.217 e. The van der Waals surface area contributed by atoms with Crippen molar-refractivity contribution >= 4 is 28.4 Å². The number of carbonyl (C=O) groups excluding carboxylic acids is 1. The Balaban J connectivity index is 1.64. The van der Waals surface area contributed by atoms with Gasteiger partial charge in [-0.05, 0) is 44.0 Å². The molecule has 1 saturated heterocycles. The van der Waals surface area contributed by atoms with Crippen molar-refractivity contribution < 1.29 is 13.6 Å². The number of benzene rings is 1. The predicted molar refractivity (Wildman–Crippen MR) is 115 cm³/mol. The highest BCUT2D eigenvalue weighted by molar-refractivity contribution is 5.90. The van der Waals surface area contributed by atoms with Crippen molar-refractivity contribution in [3.8, 4) is 0 Å². The van der Waals surface area contributed by atoms with Crippen LogP contribution in [0.2, 0.25) is 0 Å². The second-order valence-corrected chi connectivity index (χ2v) is 7.88. The van der Waals surface area contributed by atoms with E-state index in [9.17, 15) is 13.6 Å². The Labute approximate surface area is 178 Å². The van der Waals surface area contributed by atoms with Gasteiger partial charge in [0.25, 0.3) is 0 Å². The van der Waals surface area contributed by atoms with E-state index in [0.29, 0.717) is 29.3 Å². The van der Waals surface area contributed by atoms with E-state index in [1.807, 2.05) is 13.0 Å². The van der Waals surface area contributed by atoms with Crippen molar-refractivity contribution in [3.63, 3.8) is 0 Å². The molecule has 2 N–H and O–H groups in total. The summed E-state index contributed by atoms with van der Waals surface area (Å²) in [6, 6.07) is 5.07. The maximum atomic E-state index is 13.6. The Morgan fingerprint density at radius 1 is 1.19 bits per heavy atom. The van der Waals surface area contributed by atoms with Crippen molar-refractivity contribution in [1.29, 1.82) is 0 Å². The van der Waals surface area contributed by atoms with E-state index < -0.39 is 11.6 Å². The first-order valence-electron chi connectivity index (χ1n) is 10.2. The molecule has 4 rings (SSSR count). The Morgan fingerprint density at radius 3 is 2.65 bits per heavy atom. The molecule has 1 fully saturated rings. The molecule has 9 heteroatoms. The van der Waals surface area contributed by atoms with Gasteiger partial charge in [-0.2, -0.15) is 0 Å². The van der Waals surface area contributed by atoms with E-state index in [1.165, 1.54) is 19.1 Å². The highest BCUT2D eigenvalue weighted by atomic mass is 19.1. The first kappa shape index (κ1) is 20.9. The average Bonchev–Trinajstić information content (AvgIpc) is 3.14. The van der Waals surface area contributed by atoms with E-state index in [-0.39, 0.29) is 18.0 Å². The summed E-state index contributed by atoms with van der Waals surface area (Å²) in [6.45, 7) is 6.56. The summed E-state index contributed by atoms with van der Waals surface area (Å²) in [5.41, 5.74) is 1.16. The van der Waals surface area contributed by atoms with Gasteiger partial charge in [0, 0.05) is 37.5 Å². The molecule has 2 atom stereocenters.